The van der Waals surface area contributed by atoms with Crippen molar-refractivity contribution in [1.29, 1.82) is 0 Å². The number of H-pyrrole nitrogens is 1. The van der Waals surface area contributed by atoms with Crippen LogP contribution in [0.5, 0.6) is 0 Å². The van der Waals surface area contributed by atoms with Crippen molar-refractivity contribution in [2.75, 3.05) is 0 Å². The van der Waals surface area contributed by atoms with Crippen LogP contribution in [0.15, 0.2) is 24.3 Å². The fraction of sp³-hybridized carbons (Fsp3) is 0.364. The van der Waals surface area contributed by atoms with Gasteiger partial charge in [0.1, 0.15) is 0 Å². The van der Waals surface area contributed by atoms with Crippen LogP contribution in [-0.4, -0.2) is 20.6 Å². The van der Waals surface area contributed by atoms with Gasteiger partial charge in [-0.05, 0) is 25.3 Å². The van der Waals surface area contributed by atoms with Gasteiger partial charge in [-0.25, -0.2) is 0 Å². The molecule has 0 spiro atoms. The van der Waals surface area contributed by atoms with Crippen molar-refractivity contribution in [3.63, 3.8) is 0 Å². The normalized spacial score (nSPS) is 10.5. The first-order chi connectivity index (χ1) is 7.34. The van der Waals surface area contributed by atoms with Gasteiger partial charge in [0.2, 0.25) is 0 Å². The van der Waals surface area contributed by atoms with E-state index in [2.05, 4.69) is 51.8 Å². The highest BCUT2D eigenvalue weighted by Crippen LogP contribution is 2.07. The molecule has 4 heteroatoms. The van der Waals surface area contributed by atoms with E-state index in [9.17, 15) is 0 Å². The highest BCUT2D eigenvalue weighted by atomic mass is 15.5. The molecule has 0 saturated carbocycles. The molecule has 2 rings (SSSR count). The Hall–Kier alpha value is -1.71. The standard InChI is InChI=1S/C11H14N4/c1-9-5-7-10(8-6-9)3-2-4-11-12-14-15-13-11/h5-8H,2-4H2,1H3,(H,12,13,14,15). The van der Waals surface area contributed by atoms with E-state index in [0.29, 0.717) is 0 Å². The Morgan fingerprint density at radius 1 is 1.13 bits per heavy atom. The van der Waals surface area contributed by atoms with Crippen molar-refractivity contribution >= 4 is 0 Å². The molecule has 0 unspecified atom stereocenters. The number of nitrogens with one attached hydrogen (secondary N) is 1. The minimum Gasteiger partial charge on any atom is -0.177 e. The molecule has 0 radical (unpaired) electrons. The number of aromatic amines is 1. The first-order valence-corrected chi connectivity index (χ1v) is 5.12. The molecule has 78 valence electrons. The number of hydrogen-bond acceptors (Lipinski definition) is 3. The van der Waals surface area contributed by atoms with Crippen molar-refractivity contribution in [2.45, 2.75) is 26.2 Å². The fourth-order valence-corrected chi connectivity index (χ4v) is 1.49. The number of aromatic nitrogens is 4. The Kier molecular flexibility index (Phi) is 3.07. The van der Waals surface area contributed by atoms with Crippen LogP contribution >= 0.6 is 0 Å². The van der Waals surface area contributed by atoms with Crippen molar-refractivity contribution < 1.29 is 0 Å². The van der Waals surface area contributed by atoms with Crippen LogP contribution < -0.4 is 0 Å². The van der Waals surface area contributed by atoms with Crippen LogP contribution in [0.1, 0.15) is 23.4 Å². The van der Waals surface area contributed by atoms with Crippen molar-refractivity contribution in [1.82, 2.24) is 20.6 Å². The molecule has 1 heterocycles. The van der Waals surface area contributed by atoms with E-state index in [4.69, 9.17) is 0 Å². The molecule has 0 atom stereocenters. The molecular weight excluding hydrogens is 188 g/mol. The van der Waals surface area contributed by atoms with E-state index in [-0.39, 0.29) is 0 Å². The van der Waals surface area contributed by atoms with Crippen molar-refractivity contribution in [2.24, 2.45) is 0 Å². The maximum absolute atomic E-state index is 3.91. The number of benzene rings is 1. The third-order valence-corrected chi connectivity index (χ3v) is 2.38. The maximum atomic E-state index is 3.91. The second-order valence-electron chi connectivity index (χ2n) is 3.67. The molecule has 0 aliphatic carbocycles. The van der Waals surface area contributed by atoms with Gasteiger partial charge < -0.3 is 0 Å². The van der Waals surface area contributed by atoms with Crippen LogP contribution in [-0.2, 0) is 12.8 Å². The minimum absolute atomic E-state index is 0.794. The van der Waals surface area contributed by atoms with Gasteiger partial charge in [-0.2, -0.15) is 5.21 Å². The molecule has 1 N–H and O–H groups in total. The van der Waals surface area contributed by atoms with E-state index in [0.717, 1.165) is 25.1 Å². The van der Waals surface area contributed by atoms with Gasteiger partial charge in [0.25, 0.3) is 0 Å². The molecule has 15 heavy (non-hydrogen) atoms. The second-order valence-corrected chi connectivity index (χ2v) is 3.67. The first kappa shape index (κ1) is 9.83. The van der Waals surface area contributed by atoms with E-state index >= 15 is 0 Å². The van der Waals surface area contributed by atoms with Gasteiger partial charge in [-0.1, -0.05) is 35.0 Å². The molecule has 0 amide bonds. The molecule has 1 aromatic heterocycles. The summed E-state index contributed by atoms with van der Waals surface area (Å²) >= 11 is 0. The van der Waals surface area contributed by atoms with Crippen LogP contribution in [0.25, 0.3) is 0 Å². The molecule has 0 aliphatic heterocycles. The van der Waals surface area contributed by atoms with Gasteiger partial charge in [-0.15, -0.1) is 10.2 Å². The monoisotopic (exact) mass is 202 g/mol. The van der Waals surface area contributed by atoms with E-state index in [1.54, 1.807) is 0 Å². The zero-order valence-electron chi connectivity index (χ0n) is 8.77. The quantitative estimate of drug-likeness (QED) is 0.820. The lowest BCUT2D eigenvalue weighted by Gasteiger charge is -1.99. The average Bonchev–Trinajstić information content (AvgIpc) is 2.74. The topological polar surface area (TPSA) is 54.5 Å². The predicted molar refractivity (Wildman–Crippen MR) is 57.4 cm³/mol. The van der Waals surface area contributed by atoms with Crippen LogP contribution in [0, 0.1) is 6.92 Å². The molecule has 1 aromatic carbocycles. The Labute approximate surface area is 88.7 Å². The molecule has 0 aliphatic rings. The van der Waals surface area contributed by atoms with Crippen LogP contribution in [0.2, 0.25) is 0 Å². The lowest BCUT2D eigenvalue weighted by Crippen LogP contribution is -1.92. The zero-order valence-corrected chi connectivity index (χ0v) is 8.77. The average molecular weight is 202 g/mol. The Balaban J connectivity index is 1.81. The molecule has 0 saturated heterocycles. The highest BCUT2D eigenvalue weighted by molar-refractivity contribution is 5.21. The molecular formula is C11H14N4. The lowest BCUT2D eigenvalue weighted by molar-refractivity contribution is 0.773. The van der Waals surface area contributed by atoms with Crippen LogP contribution in [0.3, 0.4) is 0 Å². The molecule has 4 nitrogen and oxygen atoms in total. The summed E-state index contributed by atoms with van der Waals surface area (Å²) in [5.41, 5.74) is 2.67. The summed E-state index contributed by atoms with van der Waals surface area (Å²) in [6, 6.07) is 8.63. The van der Waals surface area contributed by atoms with Crippen LogP contribution in [0.4, 0.5) is 0 Å². The number of tetrazole rings is 1. The smallest absolute Gasteiger partial charge is 0.174 e. The minimum atomic E-state index is 0.794. The van der Waals surface area contributed by atoms with Crippen molar-refractivity contribution in [3.8, 4) is 0 Å². The summed E-state index contributed by atoms with van der Waals surface area (Å²) in [6.07, 6.45) is 3.00. The number of rotatable bonds is 4. The largest absolute Gasteiger partial charge is 0.177 e. The lowest BCUT2D eigenvalue weighted by atomic mass is 10.1. The maximum Gasteiger partial charge on any atom is 0.174 e. The van der Waals surface area contributed by atoms with Gasteiger partial charge in [0.05, 0.1) is 0 Å². The summed E-state index contributed by atoms with van der Waals surface area (Å²) in [6.45, 7) is 2.10. The second kappa shape index (κ2) is 4.68. The Bertz CT molecular complexity index is 391. The third-order valence-electron chi connectivity index (χ3n) is 2.38. The summed E-state index contributed by atoms with van der Waals surface area (Å²) < 4.78 is 0. The fourth-order valence-electron chi connectivity index (χ4n) is 1.49. The number of hydrogen-bond donors (Lipinski definition) is 1. The summed E-state index contributed by atoms with van der Waals surface area (Å²) in [5.74, 6) is 0.794. The Morgan fingerprint density at radius 2 is 1.93 bits per heavy atom. The number of nitrogens with zero attached hydrogens (tertiary/aromatic N) is 3. The number of aryl methyl sites for hydroxylation is 3. The highest BCUT2D eigenvalue weighted by Gasteiger charge is 1.98. The molecule has 0 fully saturated rings. The van der Waals surface area contributed by atoms with Gasteiger partial charge in [0.15, 0.2) is 5.82 Å². The Morgan fingerprint density at radius 3 is 2.60 bits per heavy atom. The van der Waals surface area contributed by atoms with Crippen molar-refractivity contribution in [3.05, 3.63) is 41.2 Å². The predicted octanol–water partition coefficient (Wildman–Crippen LogP) is 1.68. The summed E-state index contributed by atoms with van der Waals surface area (Å²) in [7, 11) is 0. The SMILES string of the molecule is Cc1ccc(CCCc2nn[nH]n2)cc1. The van der Waals surface area contributed by atoms with Gasteiger partial charge in [-0.3, -0.25) is 0 Å². The molecule has 2 aromatic rings. The molecule has 0 bridgehead atoms. The summed E-state index contributed by atoms with van der Waals surface area (Å²) in [5, 5.41) is 13.8. The van der Waals surface area contributed by atoms with E-state index in [1.165, 1.54) is 11.1 Å². The van der Waals surface area contributed by atoms with E-state index in [1.807, 2.05) is 0 Å². The van der Waals surface area contributed by atoms with E-state index < -0.39 is 0 Å². The first-order valence-electron chi connectivity index (χ1n) is 5.12. The summed E-state index contributed by atoms with van der Waals surface area (Å²) in [4.78, 5) is 0. The van der Waals surface area contributed by atoms with Gasteiger partial charge in [0, 0.05) is 6.42 Å². The van der Waals surface area contributed by atoms with Gasteiger partial charge >= 0.3 is 0 Å². The zero-order chi connectivity index (χ0) is 10.5. The third kappa shape index (κ3) is 2.87.